The smallest absolute Gasteiger partial charge is 0.296 e. The minimum atomic E-state index is -0.533. The Morgan fingerprint density at radius 1 is 0.781 bits per heavy atom. The molecule has 5 nitrogen and oxygen atoms in total. The molecule has 32 heavy (non-hydrogen) atoms. The monoisotopic (exact) mass is 427 g/mol. The molecule has 0 radical (unpaired) electrons. The Hall–Kier alpha value is -3.93. The first-order chi connectivity index (χ1) is 15.6. The van der Waals surface area contributed by atoms with Gasteiger partial charge in [0.1, 0.15) is 11.5 Å². The molecule has 0 aliphatic carbocycles. The van der Waals surface area contributed by atoms with Crippen LogP contribution in [0.15, 0.2) is 85.1 Å². The number of carbonyl (C=O) groups excluding carboxylic acids is 2. The summed E-state index contributed by atoms with van der Waals surface area (Å²) in [6.45, 7) is 1.67. The van der Waals surface area contributed by atoms with Crippen molar-refractivity contribution < 1.29 is 14.0 Å². The van der Waals surface area contributed by atoms with Crippen molar-refractivity contribution in [3.63, 3.8) is 0 Å². The molecule has 160 valence electrons. The number of hydrogen-bond donors (Lipinski definition) is 0. The van der Waals surface area contributed by atoms with Crippen LogP contribution in [-0.4, -0.2) is 47.2 Å². The lowest BCUT2D eigenvalue weighted by Gasteiger charge is -2.35. The molecule has 5 rings (SSSR count). The number of benzene rings is 2. The fourth-order valence-electron chi connectivity index (χ4n) is 4.30. The predicted octanol–water partition coefficient (Wildman–Crippen LogP) is 4.28. The van der Waals surface area contributed by atoms with E-state index >= 15 is 0 Å². The van der Waals surface area contributed by atoms with Crippen molar-refractivity contribution in [2.75, 3.05) is 31.1 Å². The van der Waals surface area contributed by atoms with Gasteiger partial charge in [-0.15, -0.1) is 0 Å². The fourth-order valence-corrected chi connectivity index (χ4v) is 4.30. The Kier molecular flexibility index (Phi) is 5.19. The lowest BCUT2D eigenvalue weighted by Crippen LogP contribution is -2.51. The molecule has 0 spiro atoms. The van der Waals surface area contributed by atoms with E-state index in [1.54, 1.807) is 33.7 Å². The SMILES string of the molecule is O=C(C(=O)N1CCN(c2ccccc2F)CC1)c1c(-c2ccccc2)cc2ccccn12. The van der Waals surface area contributed by atoms with Gasteiger partial charge in [0.2, 0.25) is 0 Å². The van der Waals surface area contributed by atoms with Gasteiger partial charge in [0.25, 0.3) is 11.7 Å². The predicted molar refractivity (Wildman–Crippen MR) is 122 cm³/mol. The van der Waals surface area contributed by atoms with Crippen molar-refractivity contribution in [3.05, 3.63) is 96.6 Å². The summed E-state index contributed by atoms with van der Waals surface area (Å²) in [6.07, 6.45) is 1.80. The second-order valence-electron chi connectivity index (χ2n) is 7.83. The normalized spacial score (nSPS) is 14.0. The second-order valence-corrected chi connectivity index (χ2v) is 7.83. The molecule has 0 bridgehead atoms. The Morgan fingerprint density at radius 2 is 1.47 bits per heavy atom. The van der Waals surface area contributed by atoms with E-state index in [2.05, 4.69) is 0 Å². The summed E-state index contributed by atoms with van der Waals surface area (Å²) in [5.74, 6) is -1.34. The number of rotatable bonds is 4. The number of anilines is 1. The first kappa shape index (κ1) is 20.0. The summed E-state index contributed by atoms with van der Waals surface area (Å²) >= 11 is 0. The van der Waals surface area contributed by atoms with Crippen molar-refractivity contribution in [2.24, 2.45) is 0 Å². The average Bonchev–Trinajstić information content (AvgIpc) is 3.24. The standard InChI is InChI=1S/C26H22FN3O2/c27-22-11-4-5-12-23(22)28-14-16-29(17-15-28)26(32)25(31)24-21(19-8-2-1-3-9-19)18-20-10-6-7-13-30(20)24/h1-13,18H,14-17H2. The van der Waals surface area contributed by atoms with Gasteiger partial charge in [0.15, 0.2) is 0 Å². The Balaban J connectivity index is 1.41. The molecule has 0 saturated carbocycles. The number of piperazine rings is 1. The third-order valence-corrected chi connectivity index (χ3v) is 5.93. The molecule has 3 heterocycles. The van der Waals surface area contributed by atoms with Crippen molar-refractivity contribution in [1.82, 2.24) is 9.30 Å². The van der Waals surface area contributed by atoms with Gasteiger partial charge in [-0.3, -0.25) is 9.59 Å². The van der Waals surface area contributed by atoms with Crippen LogP contribution >= 0.6 is 0 Å². The van der Waals surface area contributed by atoms with Crippen LogP contribution < -0.4 is 4.90 Å². The van der Waals surface area contributed by atoms with Crippen LogP contribution in [0.5, 0.6) is 0 Å². The lowest BCUT2D eigenvalue weighted by molar-refractivity contribution is -0.126. The van der Waals surface area contributed by atoms with Gasteiger partial charge < -0.3 is 14.2 Å². The van der Waals surface area contributed by atoms with Gasteiger partial charge >= 0.3 is 0 Å². The number of amides is 1. The van der Waals surface area contributed by atoms with Gasteiger partial charge in [-0.25, -0.2) is 4.39 Å². The number of pyridine rings is 1. The van der Waals surface area contributed by atoms with Gasteiger partial charge in [-0.05, 0) is 35.9 Å². The number of carbonyl (C=O) groups is 2. The van der Waals surface area contributed by atoms with Crippen molar-refractivity contribution in [2.45, 2.75) is 0 Å². The van der Waals surface area contributed by atoms with Gasteiger partial charge in [-0.2, -0.15) is 0 Å². The van der Waals surface area contributed by atoms with E-state index in [4.69, 9.17) is 0 Å². The Bertz CT molecular complexity index is 1290. The molecule has 0 atom stereocenters. The first-order valence-electron chi connectivity index (χ1n) is 10.6. The van der Waals surface area contributed by atoms with Gasteiger partial charge in [-0.1, -0.05) is 48.5 Å². The minimum Gasteiger partial charge on any atom is -0.366 e. The third kappa shape index (κ3) is 3.54. The quantitative estimate of drug-likeness (QED) is 0.361. The van der Waals surface area contributed by atoms with Crippen LogP contribution in [0.2, 0.25) is 0 Å². The number of halogens is 1. The number of nitrogens with zero attached hydrogens (tertiary/aromatic N) is 3. The number of ketones is 1. The van der Waals surface area contributed by atoms with E-state index in [9.17, 15) is 14.0 Å². The molecule has 4 aromatic rings. The average molecular weight is 427 g/mol. The molecule has 6 heteroatoms. The summed E-state index contributed by atoms with van der Waals surface area (Å²) in [5.41, 5.74) is 3.37. The lowest BCUT2D eigenvalue weighted by atomic mass is 10.0. The van der Waals surface area contributed by atoms with Crippen LogP contribution in [0.25, 0.3) is 16.6 Å². The molecule has 0 unspecified atom stereocenters. The maximum atomic E-state index is 14.1. The fraction of sp³-hybridized carbons (Fsp3) is 0.154. The van der Waals surface area contributed by atoms with E-state index < -0.39 is 11.7 Å². The Morgan fingerprint density at radius 3 is 2.22 bits per heavy atom. The number of para-hydroxylation sites is 1. The number of fused-ring (bicyclic) bond motifs is 1. The largest absolute Gasteiger partial charge is 0.366 e. The molecule has 2 aromatic heterocycles. The highest BCUT2D eigenvalue weighted by molar-refractivity contribution is 6.43. The number of aromatic nitrogens is 1. The molecule has 1 aliphatic heterocycles. The van der Waals surface area contributed by atoms with E-state index in [-0.39, 0.29) is 5.82 Å². The summed E-state index contributed by atoms with van der Waals surface area (Å²) in [7, 11) is 0. The second kappa shape index (κ2) is 8.30. The van der Waals surface area contributed by atoms with Crippen LogP contribution in [0.4, 0.5) is 10.1 Å². The molecule has 1 saturated heterocycles. The summed E-state index contributed by atoms with van der Waals surface area (Å²) < 4.78 is 15.9. The molecule has 1 amide bonds. The summed E-state index contributed by atoms with van der Waals surface area (Å²) in [6, 6.07) is 23.8. The van der Waals surface area contributed by atoms with E-state index in [0.717, 1.165) is 16.6 Å². The third-order valence-electron chi connectivity index (χ3n) is 5.93. The van der Waals surface area contributed by atoms with Gasteiger partial charge in [0, 0.05) is 43.5 Å². The molecular weight excluding hydrogens is 405 g/mol. The summed E-state index contributed by atoms with van der Waals surface area (Å²) in [5, 5.41) is 0. The zero-order valence-electron chi connectivity index (χ0n) is 17.4. The van der Waals surface area contributed by atoms with Crippen LogP contribution in [0.3, 0.4) is 0 Å². The molecule has 1 aliphatic rings. The topological polar surface area (TPSA) is 45.0 Å². The molecule has 0 N–H and O–H groups in total. The Labute approximate surface area is 185 Å². The highest BCUT2D eigenvalue weighted by atomic mass is 19.1. The van der Waals surface area contributed by atoms with E-state index in [0.29, 0.717) is 37.6 Å². The van der Waals surface area contributed by atoms with Crippen LogP contribution in [-0.2, 0) is 4.79 Å². The number of hydrogen-bond acceptors (Lipinski definition) is 3. The van der Waals surface area contributed by atoms with Crippen LogP contribution in [0, 0.1) is 5.82 Å². The maximum absolute atomic E-state index is 14.1. The highest BCUT2D eigenvalue weighted by Gasteiger charge is 2.31. The van der Waals surface area contributed by atoms with Crippen LogP contribution in [0.1, 0.15) is 10.5 Å². The maximum Gasteiger partial charge on any atom is 0.296 e. The van der Waals surface area contributed by atoms with Crippen molar-refractivity contribution >= 4 is 22.9 Å². The molecule has 1 fully saturated rings. The van der Waals surface area contributed by atoms with Crippen molar-refractivity contribution in [1.29, 1.82) is 0 Å². The zero-order valence-corrected chi connectivity index (χ0v) is 17.4. The highest BCUT2D eigenvalue weighted by Crippen LogP contribution is 2.29. The molecular formula is C26H22FN3O2. The first-order valence-corrected chi connectivity index (χ1v) is 10.6. The van der Waals surface area contributed by atoms with Crippen molar-refractivity contribution in [3.8, 4) is 11.1 Å². The van der Waals surface area contributed by atoms with E-state index in [1.807, 2.05) is 59.5 Å². The van der Waals surface area contributed by atoms with E-state index in [1.165, 1.54) is 6.07 Å². The van der Waals surface area contributed by atoms with Gasteiger partial charge in [0.05, 0.1) is 5.69 Å². The number of Topliss-reactive ketones (excluding diaryl/α,β-unsaturated/α-hetero) is 1. The summed E-state index contributed by atoms with van der Waals surface area (Å²) in [4.78, 5) is 30.1. The minimum absolute atomic E-state index is 0.282. The zero-order chi connectivity index (χ0) is 22.1. The molecule has 2 aromatic carbocycles.